The molecule has 0 aliphatic rings. The number of rotatable bonds is 10. The Morgan fingerprint density at radius 2 is 1.76 bits per heavy atom. The maximum absolute atomic E-state index is 14.1. The Hall–Kier alpha value is -4.20. The topological polar surface area (TPSA) is 86.5 Å². The molecule has 0 saturated heterocycles. The molecule has 3 aromatic carbocycles. The Kier molecular flexibility index (Phi) is 8.10. The van der Waals surface area contributed by atoms with E-state index in [-0.39, 0.29) is 19.0 Å². The number of esters is 1. The van der Waals surface area contributed by atoms with Crippen LogP contribution in [0.3, 0.4) is 0 Å². The lowest BCUT2D eigenvalue weighted by atomic mass is 10.0. The summed E-state index contributed by atoms with van der Waals surface area (Å²) in [6.45, 7) is 7.80. The first-order valence-corrected chi connectivity index (χ1v) is 12.7. The van der Waals surface area contributed by atoms with Crippen LogP contribution < -0.4 is 4.74 Å². The third-order valence-electron chi connectivity index (χ3n) is 6.80. The van der Waals surface area contributed by atoms with E-state index in [1.165, 1.54) is 0 Å². The van der Waals surface area contributed by atoms with Crippen LogP contribution in [-0.4, -0.2) is 44.5 Å². The van der Waals surface area contributed by atoms with Crippen LogP contribution in [0.4, 0.5) is 0 Å². The van der Waals surface area contributed by atoms with Crippen LogP contribution in [0.1, 0.15) is 49.9 Å². The monoisotopic (exact) mass is 514 g/mol. The summed E-state index contributed by atoms with van der Waals surface area (Å²) in [4.78, 5) is 29.5. The lowest BCUT2D eigenvalue weighted by Gasteiger charge is -2.34. The molecule has 4 rings (SSSR count). The van der Waals surface area contributed by atoms with Gasteiger partial charge in [-0.3, -0.25) is 4.79 Å². The van der Waals surface area contributed by atoms with Gasteiger partial charge in [-0.25, -0.2) is 9.48 Å². The van der Waals surface area contributed by atoms with Crippen LogP contribution in [0.15, 0.2) is 72.8 Å². The predicted octanol–water partition coefficient (Wildman–Crippen LogP) is 5.25. The van der Waals surface area contributed by atoms with Crippen molar-refractivity contribution in [1.82, 2.24) is 19.9 Å². The molecule has 198 valence electrons. The zero-order valence-corrected chi connectivity index (χ0v) is 22.5. The highest BCUT2D eigenvalue weighted by molar-refractivity contribution is 5.87. The molecule has 0 unspecified atom stereocenters. The van der Waals surface area contributed by atoms with Crippen molar-refractivity contribution in [3.63, 3.8) is 0 Å². The third-order valence-corrected chi connectivity index (χ3v) is 6.80. The number of carbonyl (C=O) groups is 2. The lowest BCUT2D eigenvalue weighted by molar-refractivity contribution is -0.167. The van der Waals surface area contributed by atoms with E-state index in [4.69, 9.17) is 9.47 Å². The van der Waals surface area contributed by atoms with Crippen LogP contribution in [0.5, 0.6) is 5.75 Å². The Morgan fingerprint density at radius 3 is 2.50 bits per heavy atom. The van der Waals surface area contributed by atoms with Crippen LogP contribution in [0.2, 0.25) is 0 Å². The van der Waals surface area contributed by atoms with Gasteiger partial charge in [0.1, 0.15) is 23.4 Å². The van der Waals surface area contributed by atoms with E-state index >= 15 is 0 Å². The van der Waals surface area contributed by atoms with Crippen LogP contribution in [-0.2, 0) is 27.4 Å². The van der Waals surface area contributed by atoms with Gasteiger partial charge < -0.3 is 14.4 Å². The van der Waals surface area contributed by atoms with E-state index in [1.54, 1.807) is 34.9 Å². The van der Waals surface area contributed by atoms with Crippen molar-refractivity contribution in [3.8, 4) is 5.75 Å². The number of methoxy groups -OCH3 is 1. The number of nitrogens with zero attached hydrogens (tertiary/aromatic N) is 4. The van der Waals surface area contributed by atoms with Crippen molar-refractivity contribution < 1.29 is 19.1 Å². The van der Waals surface area contributed by atoms with Gasteiger partial charge >= 0.3 is 5.97 Å². The maximum Gasteiger partial charge on any atom is 0.334 e. The predicted molar refractivity (Wildman–Crippen MR) is 145 cm³/mol. The Labute approximate surface area is 223 Å². The summed E-state index contributed by atoms with van der Waals surface area (Å²) >= 11 is 0. The Balaban J connectivity index is 1.80. The van der Waals surface area contributed by atoms with Crippen LogP contribution >= 0.6 is 0 Å². The van der Waals surface area contributed by atoms with Gasteiger partial charge in [-0.15, -0.1) is 5.10 Å². The molecule has 8 heteroatoms. The first-order valence-electron chi connectivity index (χ1n) is 12.7. The number of hydrogen-bond donors (Lipinski definition) is 0. The number of fused-ring (bicyclic) bond motifs is 1. The number of para-hydroxylation sites is 1. The van der Waals surface area contributed by atoms with Gasteiger partial charge in [-0.1, -0.05) is 60.7 Å². The quantitative estimate of drug-likeness (QED) is 0.269. The standard InChI is InChI=1S/C30H34N4O4/c1-6-30(3,4)38-29(36)28(22-14-11-15-24(18-22)37-5)33(19-23-13-8-7-12-21(23)2)27(35)20-34-26-17-10-9-16-25(26)31-32-34/h7-18,28H,6,19-20H2,1-5H3/t28-/m1/s1. The fraction of sp³-hybridized carbons (Fsp3) is 0.333. The van der Waals surface area contributed by atoms with Crippen molar-refractivity contribution in [1.29, 1.82) is 0 Å². The van der Waals surface area contributed by atoms with Gasteiger partial charge in [0.05, 0.1) is 12.6 Å². The average Bonchev–Trinajstić information content (AvgIpc) is 3.32. The molecule has 0 N–H and O–H groups in total. The molecule has 0 fully saturated rings. The highest BCUT2D eigenvalue weighted by Gasteiger charge is 2.36. The highest BCUT2D eigenvalue weighted by atomic mass is 16.6. The highest BCUT2D eigenvalue weighted by Crippen LogP contribution is 2.31. The van der Waals surface area contributed by atoms with Crippen molar-refractivity contribution >= 4 is 22.9 Å². The molecule has 0 aliphatic heterocycles. The molecular formula is C30H34N4O4. The summed E-state index contributed by atoms with van der Waals surface area (Å²) in [5.74, 6) is -0.209. The first-order chi connectivity index (χ1) is 18.2. The number of ether oxygens (including phenoxy) is 2. The molecule has 38 heavy (non-hydrogen) atoms. The molecule has 0 radical (unpaired) electrons. The molecule has 0 bridgehead atoms. The SMILES string of the molecule is CCC(C)(C)OC(=O)[C@@H](c1cccc(OC)c1)N(Cc1ccccc1C)C(=O)Cn1nnc2ccccc21. The van der Waals surface area contributed by atoms with E-state index in [1.807, 2.05) is 82.3 Å². The molecule has 0 aliphatic carbocycles. The second-order valence-corrected chi connectivity index (χ2v) is 9.90. The third kappa shape index (κ3) is 6.02. The second-order valence-electron chi connectivity index (χ2n) is 9.90. The van der Waals surface area contributed by atoms with E-state index in [0.717, 1.165) is 16.6 Å². The first kappa shape index (κ1) is 26.9. The number of aromatic nitrogens is 3. The van der Waals surface area contributed by atoms with Gasteiger partial charge in [-0.2, -0.15) is 0 Å². The fourth-order valence-corrected chi connectivity index (χ4v) is 4.20. The van der Waals surface area contributed by atoms with E-state index in [2.05, 4.69) is 10.3 Å². The van der Waals surface area contributed by atoms with Crippen molar-refractivity contribution in [2.75, 3.05) is 7.11 Å². The number of hydrogen-bond acceptors (Lipinski definition) is 6. The summed E-state index contributed by atoms with van der Waals surface area (Å²) < 4.78 is 13.0. The summed E-state index contributed by atoms with van der Waals surface area (Å²) in [6, 6.07) is 21.5. The van der Waals surface area contributed by atoms with Crippen LogP contribution in [0.25, 0.3) is 11.0 Å². The molecule has 1 aromatic heterocycles. The minimum absolute atomic E-state index is 0.0860. The largest absolute Gasteiger partial charge is 0.497 e. The molecule has 0 spiro atoms. The number of aryl methyl sites for hydroxylation is 1. The van der Waals surface area contributed by atoms with Crippen LogP contribution in [0, 0.1) is 6.92 Å². The molecule has 8 nitrogen and oxygen atoms in total. The summed E-state index contributed by atoms with van der Waals surface area (Å²) in [6.07, 6.45) is 0.625. The average molecular weight is 515 g/mol. The van der Waals surface area contributed by atoms with E-state index in [0.29, 0.717) is 23.3 Å². The van der Waals surface area contributed by atoms with Crippen molar-refractivity contribution in [2.45, 2.75) is 58.8 Å². The van der Waals surface area contributed by atoms with Gasteiger partial charge in [0.2, 0.25) is 5.91 Å². The molecule has 1 amide bonds. The van der Waals surface area contributed by atoms with Gasteiger partial charge in [0.25, 0.3) is 0 Å². The second kappa shape index (κ2) is 11.5. The summed E-state index contributed by atoms with van der Waals surface area (Å²) in [5, 5.41) is 8.39. The molecule has 1 heterocycles. The van der Waals surface area contributed by atoms with Gasteiger partial charge in [0.15, 0.2) is 6.04 Å². The van der Waals surface area contributed by atoms with Crippen molar-refractivity contribution in [3.05, 3.63) is 89.5 Å². The van der Waals surface area contributed by atoms with E-state index < -0.39 is 17.6 Å². The summed E-state index contributed by atoms with van der Waals surface area (Å²) in [7, 11) is 1.57. The fourth-order valence-electron chi connectivity index (χ4n) is 4.20. The molecule has 0 saturated carbocycles. The van der Waals surface area contributed by atoms with Gasteiger partial charge in [-0.05, 0) is 68.1 Å². The number of carbonyl (C=O) groups excluding carboxylic acids is 2. The Morgan fingerprint density at radius 1 is 1.03 bits per heavy atom. The molecule has 4 aromatic rings. The number of amides is 1. The van der Waals surface area contributed by atoms with Crippen molar-refractivity contribution in [2.24, 2.45) is 0 Å². The lowest BCUT2D eigenvalue weighted by Crippen LogP contribution is -2.43. The molecule has 1 atom stereocenters. The maximum atomic E-state index is 14.1. The van der Waals surface area contributed by atoms with E-state index in [9.17, 15) is 9.59 Å². The minimum Gasteiger partial charge on any atom is -0.497 e. The zero-order valence-electron chi connectivity index (χ0n) is 22.5. The summed E-state index contributed by atoms with van der Waals surface area (Å²) in [5.41, 5.74) is 3.28. The zero-order chi connectivity index (χ0) is 27.3. The Bertz CT molecular complexity index is 1430. The molecular weight excluding hydrogens is 480 g/mol. The van der Waals surface area contributed by atoms with Gasteiger partial charge in [0, 0.05) is 6.54 Å². The number of benzene rings is 3. The minimum atomic E-state index is -1.00. The normalized spacial score (nSPS) is 12.2. The smallest absolute Gasteiger partial charge is 0.334 e.